The van der Waals surface area contributed by atoms with E-state index in [1.807, 2.05) is 0 Å². The van der Waals surface area contributed by atoms with Crippen LogP contribution in [0.15, 0.2) is 0 Å². The van der Waals surface area contributed by atoms with E-state index in [2.05, 4.69) is 39.5 Å². The second-order valence-electron chi connectivity index (χ2n) is 5.04. The van der Waals surface area contributed by atoms with Gasteiger partial charge in [0.25, 0.3) is 0 Å². The average Bonchev–Trinajstić information content (AvgIpc) is 2.03. The van der Waals surface area contributed by atoms with E-state index in [1.54, 1.807) is 0 Å². The largest absolute Gasteiger partial charge is 0.304 e. The van der Waals surface area contributed by atoms with E-state index in [9.17, 15) is 0 Å². The molecular weight excluding hydrogens is 158 g/mol. The summed E-state index contributed by atoms with van der Waals surface area (Å²) in [5.74, 6) is 0. The zero-order valence-corrected chi connectivity index (χ0v) is 10.2. The molecule has 80 valence electrons. The van der Waals surface area contributed by atoms with Crippen LogP contribution in [0.1, 0.15) is 53.9 Å². The molecule has 0 aliphatic heterocycles. The van der Waals surface area contributed by atoms with Gasteiger partial charge in [-0.3, -0.25) is 0 Å². The first-order chi connectivity index (χ1) is 5.99. The molecule has 0 saturated heterocycles. The van der Waals surface area contributed by atoms with Gasteiger partial charge in [-0.1, -0.05) is 41.0 Å². The standard InChI is InChI=1S/C12H27N/c1-6-13(7-2)11-9-8-10-12(3,4)5/h6-11H2,1-5H3. The van der Waals surface area contributed by atoms with E-state index in [0.29, 0.717) is 5.41 Å². The van der Waals surface area contributed by atoms with Crippen LogP contribution in [0.3, 0.4) is 0 Å². The molecule has 13 heavy (non-hydrogen) atoms. The van der Waals surface area contributed by atoms with Gasteiger partial charge in [0.05, 0.1) is 0 Å². The first kappa shape index (κ1) is 13.0. The fourth-order valence-electron chi connectivity index (χ4n) is 1.53. The number of hydrogen-bond donors (Lipinski definition) is 0. The number of rotatable bonds is 6. The predicted octanol–water partition coefficient (Wildman–Crippen LogP) is 3.54. The topological polar surface area (TPSA) is 3.24 Å². The number of unbranched alkanes of at least 4 members (excludes halogenated alkanes) is 1. The average molecular weight is 185 g/mol. The van der Waals surface area contributed by atoms with Crippen molar-refractivity contribution >= 4 is 0 Å². The van der Waals surface area contributed by atoms with Gasteiger partial charge >= 0.3 is 0 Å². The van der Waals surface area contributed by atoms with Crippen LogP contribution in [0.4, 0.5) is 0 Å². The molecule has 0 heterocycles. The minimum Gasteiger partial charge on any atom is -0.304 e. The van der Waals surface area contributed by atoms with Crippen molar-refractivity contribution in [3.05, 3.63) is 0 Å². The molecule has 0 radical (unpaired) electrons. The molecule has 0 unspecified atom stereocenters. The minimum absolute atomic E-state index is 0.517. The van der Waals surface area contributed by atoms with Crippen molar-refractivity contribution in [3.63, 3.8) is 0 Å². The van der Waals surface area contributed by atoms with Crippen molar-refractivity contribution in [1.82, 2.24) is 4.90 Å². The van der Waals surface area contributed by atoms with Gasteiger partial charge in [-0.2, -0.15) is 0 Å². The molecule has 0 aliphatic rings. The molecule has 0 spiro atoms. The second-order valence-corrected chi connectivity index (χ2v) is 5.04. The number of nitrogens with zero attached hydrogens (tertiary/aromatic N) is 1. The lowest BCUT2D eigenvalue weighted by atomic mass is 9.90. The third-order valence-electron chi connectivity index (χ3n) is 2.55. The first-order valence-corrected chi connectivity index (χ1v) is 5.72. The molecule has 0 bridgehead atoms. The van der Waals surface area contributed by atoms with Crippen LogP contribution >= 0.6 is 0 Å². The normalized spacial score (nSPS) is 12.5. The Kier molecular flexibility index (Phi) is 6.40. The van der Waals surface area contributed by atoms with Crippen LogP contribution in [0.2, 0.25) is 0 Å². The highest BCUT2D eigenvalue weighted by Gasteiger charge is 2.09. The summed E-state index contributed by atoms with van der Waals surface area (Å²) in [5.41, 5.74) is 0.517. The van der Waals surface area contributed by atoms with Gasteiger partial charge in [-0.25, -0.2) is 0 Å². The van der Waals surface area contributed by atoms with Gasteiger partial charge in [-0.15, -0.1) is 0 Å². The Morgan fingerprint density at radius 1 is 0.923 bits per heavy atom. The van der Waals surface area contributed by atoms with Crippen molar-refractivity contribution in [2.24, 2.45) is 5.41 Å². The molecule has 0 aromatic carbocycles. The maximum Gasteiger partial charge on any atom is -0.00190 e. The Morgan fingerprint density at radius 3 is 1.85 bits per heavy atom. The second kappa shape index (κ2) is 6.42. The third-order valence-corrected chi connectivity index (χ3v) is 2.55. The molecule has 0 N–H and O–H groups in total. The first-order valence-electron chi connectivity index (χ1n) is 5.72. The Morgan fingerprint density at radius 2 is 1.46 bits per heavy atom. The molecule has 0 aromatic heterocycles. The summed E-state index contributed by atoms with van der Waals surface area (Å²) in [6.45, 7) is 15.1. The van der Waals surface area contributed by atoms with Crippen molar-refractivity contribution in [2.45, 2.75) is 53.9 Å². The highest BCUT2D eigenvalue weighted by molar-refractivity contribution is 4.62. The molecule has 1 nitrogen and oxygen atoms in total. The van der Waals surface area contributed by atoms with E-state index in [-0.39, 0.29) is 0 Å². The van der Waals surface area contributed by atoms with E-state index in [1.165, 1.54) is 38.9 Å². The minimum atomic E-state index is 0.517. The molecule has 0 atom stereocenters. The summed E-state index contributed by atoms with van der Waals surface area (Å²) in [4.78, 5) is 2.50. The zero-order chi connectivity index (χ0) is 10.3. The summed E-state index contributed by atoms with van der Waals surface area (Å²) in [5, 5.41) is 0. The number of hydrogen-bond acceptors (Lipinski definition) is 1. The van der Waals surface area contributed by atoms with Gasteiger partial charge in [0.15, 0.2) is 0 Å². The lowest BCUT2D eigenvalue weighted by Crippen LogP contribution is -2.24. The highest BCUT2D eigenvalue weighted by atomic mass is 15.1. The maximum absolute atomic E-state index is 2.50. The summed E-state index contributed by atoms with van der Waals surface area (Å²) in [6, 6.07) is 0. The Hall–Kier alpha value is -0.0400. The monoisotopic (exact) mass is 185 g/mol. The Labute approximate surface area is 84.5 Å². The molecule has 0 amide bonds. The molecule has 0 aliphatic carbocycles. The van der Waals surface area contributed by atoms with Crippen LogP contribution in [-0.4, -0.2) is 24.5 Å². The smallest absolute Gasteiger partial charge is 0.00190 e. The molecular formula is C12H27N. The van der Waals surface area contributed by atoms with Crippen LogP contribution in [-0.2, 0) is 0 Å². The lowest BCUT2D eigenvalue weighted by Gasteiger charge is -2.20. The van der Waals surface area contributed by atoms with Crippen molar-refractivity contribution in [1.29, 1.82) is 0 Å². The van der Waals surface area contributed by atoms with Gasteiger partial charge in [0.1, 0.15) is 0 Å². The van der Waals surface area contributed by atoms with E-state index in [0.717, 1.165) is 0 Å². The fourth-order valence-corrected chi connectivity index (χ4v) is 1.53. The molecule has 0 fully saturated rings. The maximum atomic E-state index is 2.50. The van der Waals surface area contributed by atoms with Crippen LogP contribution in [0.5, 0.6) is 0 Å². The van der Waals surface area contributed by atoms with Gasteiger partial charge in [-0.05, 0) is 37.9 Å². The summed E-state index contributed by atoms with van der Waals surface area (Å²) in [6.07, 6.45) is 4.09. The summed E-state index contributed by atoms with van der Waals surface area (Å²) in [7, 11) is 0. The SMILES string of the molecule is CCN(CC)CCCCC(C)(C)C. The van der Waals surface area contributed by atoms with E-state index in [4.69, 9.17) is 0 Å². The van der Waals surface area contributed by atoms with Crippen molar-refractivity contribution in [2.75, 3.05) is 19.6 Å². The van der Waals surface area contributed by atoms with Crippen LogP contribution in [0.25, 0.3) is 0 Å². The Balaban J connectivity index is 3.34. The van der Waals surface area contributed by atoms with Gasteiger partial charge in [0.2, 0.25) is 0 Å². The van der Waals surface area contributed by atoms with Crippen molar-refractivity contribution in [3.8, 4) is 0 Å². The fraction of sp³-hybridized carbons (Fsp3) is 1.00. The summed E-state index contributed by atoms with van der Waals surface area (Å²) < 4.78 is 0. The molecule has 1 heteroatoms. The Bertz CT molecular complexity index is 109. The van der Waals surface area contributed by atoms with E-state index >= 15 is 0 Å². The van der Waals surface area contributed by atoms with Gasteiger partial charge in [0, 0.05) is 0 Å². The summed E-state index contributed by atoms with van der Waals surface area (Å²) >= 11 is 0. The van der Waals surface area contributed by atoms with Crippen LogP contribution in [0, 0.1) is 5.41 Å². The van der Waals surface area contributed by atoms with E-state index < -0.39 is 0 Å². The zero-order valence-electron chi connectivity index (χ0n) is 10.2. The van der Waals surface area contributed by atoms with Gasteiger partial charge < -0.3 is 4.90 Å². The van der Waals surface area contributed by atoms with Crippen LogP contribution < -0.4 is 0 Å². The molecule has 0 aromatic rings. The quantitative estimate of drug-likeness (QED) is 0.572. The third kappa shape index (κ3) is 8.29. The highest BCUT2D eigenvalue weighted by Crippen LogP contribution is 2.21. The predicted molar refractivity (Wildman–Crippen MR) is 61.1 cm³/mol. The molecule has 0 rings (SSSR count). The van der Waals surface area contributed by atoms with Crippen molar-refractivity contribution < 1.29 is 0 Å². The molecule has 0 saturated carbocycles. The lowest BCUT2D eigenvalue weighted by molar-refractivity contribution is 0.281.